The molecule has 25 heavy (non-hydrogen) atoms. The van der Waals surface area contributed by atoms with Crippen molar-refractivity contribution in [3.05, 3.63) is 60.7 Å². The first-order chi connectivity index (χ1) is 12.3. The van der Waals surface area contributed by atoms with Crippen LogP contribution in [0.1, 0.15) is 6.42 Å². The largest absolute Gasteiger partial charge is 0.396 e. The van der Waals surface area contributed by atoms with Crippen LogP contribution in [0.4, 0.5) is 29.2 Å². The van der Waals surface area contributed by atoms with E-state index in [4.69, 9.17) is 5.11 Å². The lowest BCUT2D eigenvalue weighted by Gasteiger charge is -2.11. The molecule has 1 heterocycles. The molecule has 0 saturated heterocycles. The van der Waals surface area contributed by atoms with Crippen molar-refractivity contribution < 1.29 is 5.11 Å². The third-order valence-corrected chi connectivity index (χ3v) is 3.31. The third-order valence-electron chi connectivity index (χ3n) is 3.31. The van der Waals surface area contributed by atoms with Gasteiger partial charge in [-0.25, -0.2) is 0 Å². The van der Waals surface area contributed by atoms with Crippen molar-refractivity contribution in [2.75, 3.05) is 29.1 Å². The SMILES string of the molecule is OCCCNc1nc(Nc2ccccc2)nc(Nc2ccccc2)n1. The van der Waals surface area contributed by atoms with E-state index in [0.29, 0.717) is 30.8 Å². The number of benzene rings is 2. The molecule has 1 aromatic heterocycles. The number of hydrogen-bond donors (Lipinski definition) is 4. The molecular weight excluding hydrogens is 316 g/mol. The zero-order valence-corrected chi connectivity index (χ0v) is 13.7. The average Bonchev–Trinajstić information content (AvgIpc) is 2.63. The number of hydrogen-bond acceptors (Lipinski definition) is 7. The number of aliphatic hydroxyl groups is 1. The molecule has 0 unspecified atom stereocenters. The molecule has 0 fully saturated rings. The standard InChI is InChI=1S/C18H20N6O/c25-13-7-12-19-16-22-17(20-14-8-3-1-4-9-14)24-18(23-16)21-15-10-5-2-6-11-15/h1-6,8-11,25H,7,12-13H2,(H3,19,20,21,22,23,24). The van der Waals surface area contributed by atoms with Crippen LogP contribution >= 0.6 is 0 Å². The van der Waals surface area contributed by atoms with Gasteiger partial charge in [0.05, 0.1) is 0 Å². The maximum Gasteiger partial charge on any atom is 0.233 e. The van der Waals surface area contributed by atoms with Crippen LogP contribution in [0.15, 0.2) is 60.7 Å². The molecule has 0 atom stereocenters. The number of rotatable bonds is 8. The van der Waals surface area contributed by atoms with E-state index in [1.54, 1.807) is 0 Å². The summed E-state index contributed by atoms with van der Waals surface area (Å²) in [5, 5.41) is 18.4. The first-order valence-corrected chi connectivity index (χ1v) is 8.08. The Bertz CT molecular complexity index is 722. The highest BCUT2D eigenvalue weighted by Crippen LogP contribution is 2.18. The van der Waals surface area contributed by atoms with Crippen molar-refractivity contribution in [1.82, 2.24) is 15.0 Å². The number of aliphatic hydroxyl groups excluding tert-OH is 1. The molecule has 7 heteroatoms. The predicted octanol–water partition coefficient (Wildman–Crippen LogP) is 3.15. The van der Waals surface area contributed by atoms with E-state index in [9.17, 15) is 0 Å². The smallest absolute Gasteiger partial charge is 0.233 e. The topological polar surface area (TPSA) is 95.0 Å². The molecule has 7 nitrogen and oxygen atoms in total. The van der Waals surface area contributed by atoms with Crippen molar-refractivity contribution in [1.29, 1.82) is 0 Å². The fraction of sp³-hybridized carbons (Fsp3) is 0.167. The summed E-state index contributed by atoms with van der Waals surface area (Å²) in [4.78, 5) is 13.2. The summed E-state index contributed by atoms with van der Waals surface area (Å²) in [6, 6.07) is 19.4. The minimum absolute atomic E-state index is 0.113. The van der Waals surface area contributed by atoms with Gasteiger partial charge in [-0.2, -0.15) is 15.0 Å². The molecule has 0 aliphatic rings. The van der Waals surface area contributed by atoms with Crippen molar-refractivity contribution in [3.8, 4) is 0 Å². The van der Waals surface area contributed by atoms with Crippen molar-refractivity contribution in [2.24, 2.45) is 0 Å². The van der Waals surface area contributed by atoms with Gasteiger partial charge in [-0.1, -0.05) is 36.4 Å². The van der Waals surface area contributed by atoms with Crippen LogP contribution in [0.3, 0.4) is 0 Å². The number of anilines is 5. The number of nitrogens with zero attached hydrogens (tertiary/aromatic N) is 3. The van der Waals surface area contributed by atoms with E-state index < -0.39 is 0 Å². The fourth-order valence-corrected chi connectivity index (χ4v) is 2.15. The second-order valence-electron chi connectivity index (χ2n) is 5.29. The van der Waals surface area contributed by atoms with Crippen LogP contribution in [-0.4, -0.2) is 33.2 Å². The highest BCUT2D eigenvalue weighted by molar-refractivity contribution is 5.58. The first-order valence-electron chi connectivity index (χ1n) is 8.08. The molecule has 0 aliphatic carbocycles. The van der Waals surface area contributed by atoms with Crippen molar-refractivity contribution in [3.63, 3.8) is 0 Å². The third kappa shape index (κ3) is 5.15. The summed E-state index contributed by atoms with van der Waals surface area (Å²) in [5.41, 5.74) is 1.78. The maximum absolute atomic E-state index is 8.93. The first kappa shape index (κ1) is 16.7. The van der Waals surface area contributed by atoms with Gasteiger partial charge in [0, 0.05) is 24.5 Å². The minimum Gasteiger partial charge on any atom is -0.396 e. The molecule has 0 aliphatic heterocycles. The number of para-hydroxylation sites is 2. The van der Waals surface area contributed by atoms with Crippen LogP contribution in [0.5, 0.6) is 0 Å². The van der Waals surface area contributed by atoms with Gasteiger partial charge in [-0.05, 0) is 30.7 Å². The molecule has 4 N–H and O–H groups in total. The maximum atomic E-state index is 8.93. The summed E-state index contributed by atoms with van der Waals surface area (Å²) in [5.74, 6) is 1.32. The number of nitrogens with one attached hydrogen (secondary N) is 3. The van der Waals surface area contributed by atoms with Crippen LogP contribution in [0.2, 0.25) is 0 Å². The van der Waals surface area contributed by atoms with Crippen molar-refractivity contribution >= 4 is 29.2 Å². The lowest BCUT2D eigenvalue weighted by atomic mass is 10.3. The molecular formula is C18H20N6O. The summed E-state index contributed by atoms with van der Waals surface area (Å²) in [7, 11) is 0. The highest BCUT2D eigenvalue weighted by Gasteiger charge is 2.07. The number of aromatic nitrogens is 3. The lowest BCUT2D eigenvalue weighted by molar-refractivity contribution is 0.292. The summed E-state index contributed by atoms with van der Waals surface area (Å²) in [6.07, 6.45) is 0.620. The Morgan fingerprint density at radius 3 is 1.64 bits per heavy atom. The Kier molecular flexibility index (Phi) is 5.73. The second-order valence-corrected chi connectivity index (χ2v) is 5.29. The highest BCUT2D eigenvalue weighted by atomic mass is 16.3. The van der Waals surface area contributed by atoms with E-state index in [1.807, 2.05) is 60.7 Å². The van der Waals surface area contributed by atoms with Gasteiger partial charge in [0.15, 0.2) is 0 Å². The van der Waals surface area contributed by atoms with Crippen molar-refractivity contribution in [2.45, 2.75) is 6.42 Å². The molecule has 3 rings (SSSR count). The Morgan fingerprint density at radius 1 is 0.680 bits per heavy atom. The summed E-state index contributed by atoms with van der Waals surface area (Å²) >= 11 is 0. The molecule has 0 spiro atoms. The molecule has 128 valence electrons. The zero-order chi connectivity index (χ0) is 17.3. The minimum atomic E-state index is 0.113. The molecule has 2 aromatic carbocycles. The zero-order valence-electron chi connectivity index (χ0n) is 13.7. The second kappa shape index (κ2) is 8.60. The van der Waals surface area contributed by atoms with Gasteiger partial charge in [-0.3, -0.25) is 0 Å². The molecule has 3 aromatic rings. The van der Waals surface area contributed by atoms with Crippen LogP contribution in [0, 0.1) is 0 Å². The van der Waals surface area contributed by atoms with Crippen LogP contribution < -0.4 is 16.0 Å². The van der Waals surface area contributed by atoms with Gasteiger partial charge in [0.2, 0.25) is 17.8 Å². The molecule has 0 bridgehead atoms. The Hall–Kier alpha value is -3.19. The van der Waals surface area contributed by atoms with E-state index in [0.717, 1.165) is 11.4 Å². The van der Waals surface area contributed by atoms with E-state index in [-0.39, 0.29) is 6.61 Å². The Labute approximate surface area is 146 Å². The Balaban J connectivity index is 1.82. The summed E-state index contributed by atoms with van der Waals surface area (Å²) in [6.45, 7) is 0.693. The predicted molar refractivity (Wildman–Crippen MR) is 99.5 cm³/mol. The molecule has 0 radical (unpaired) electrons. The molecule has 0 amide bonds. The quantitative estimate of drug-likeness (QED) is 0.469. The normalized spacial score (nSPS) is 10.3. The van der Waals surface area contributed by atoms with Gasteiger partial charge in [0.25, 0.3) is 0 Å². The average molecular weight is 336 g/mol. The monoisotopic (exact) mass is 336 g/mol. The van der Waals surface area contributed by atoms with Crippen LogP contribution in [0.25, 0.3) is 0 Å². The van der Waals surface area contributed by atoms with E-state index in [1.165, 1.54) is 0 Å². The van der Waals surface area contributed by atoms with Gasteiger partial charge >= 0.3 is 0 Å². The Morgan fingerprint density at radius 2 is 1.16 bits per heavy atom. The van der Waals surface area contributed by atoms with E-state index in [2.05, 4.69) is 30.9 Å². The van der Waals surface area contributed by atoms with Crippen LogP contribution in [-0.2, 0) is 0 Å². The van der Waals surface area contributed by atoms with Gasteiger partial charge in [0.1, 0.15) is 0 Å². The fourth-order valence-electron chi connectivity index (χ4n) is 2.15. The van der Waals surface area contributed by atoms with Gasteiger partial charge < -0.3 is 21.1 Å². The van der Waals surface area contributed by atoms with Gasteiger partial charge in [-0.15, -0.1) is 0 Å². The molecule has 0 saturated carbocycles. The summed E-state index contributed by atoms with van der Waals surface area (Å²) < 4.78 is 0. The lowest BCUT2D eigenvalue weighted by Crippen LogP contribution is -2.11. The van der Waals surface area contributed by atoms with E-state index >= 15 is 0 Å².